The normalized spacial score (nSPS) is 17.6. The van der Waals surface area contributed by atoms with Crippen LogP contribution >= 0.6 is 15.9 Å². The van der Waals surface area contributed by atoms with E-state index >= 15 is 0 Å². The summed E-state index contributed by atoms with van der Waals surface area (Å²) in [6, 6.07) is 8.27. The smallest absolute Gasteiger partial charge is 0.0491 e. The number of piperidine rings is 1. The molecule has 0 bridgehead atoms. The maximum absolute atomic E-state index is 5.23. The minimum atomic E-state index is 0.762. The lowest BCUT2D eigenvalue weighted by Gasteiger charge is -2.31. The van der Waals surface area contributed by atoms with Crippen LogP contribution in [-0.2, 0) is 4.74 Å². The van der Waals surface area contributed by atoms with Crippen molar-refractivity contribution in [2.75, 3.05) is 45.2 Å². The van der Waals surface area contributed by atoms with E-state index in [0.717, 1.165) is 30.1 Å². The fourth-order valence-corrected chi connectivity index (χ4v) is 2.99. The Hall–Kier alpha value is -0.580. The van der Waals surface area contributed by atoms with Crippen molar-refractivity contribution in [3.8, 4) is 0 Å². The van der Waals surface area contributed by atoms with Crippen molar-refractivity contribution in [1.82, 2.24) is 4.90 Å². The molecule has 0 unspecified atom stereocenters. The van der Waals surface area contributed by atoms with Crippen molar-refractivity contribution >= 4 is 21.6 Å². The van der Waals surface area contributed by atoms with Crippen LogP contribution in [0.4, 0.5) is 5.69 Å². The molecule has 1 aromatic rings. The van der Waals surface area contributed by atoms with Crippen molar-refractivity contribution in [2.24, 2.45) is 5.92 Å². The number of nitrogens with zero attached hydrogens (tertiary/aromatic N) is 1. The summed E-state index contributed by atoms with van der Waals surface area (Å²) in [5.41, 5.74) is 1.18. The number of halogens is 1. The van der Waals surface area contributed by atoms with Gasteiger partial charge in [-0.1, -0.05) is 12.1 Å². The van der Waals surface area contributed by atoms with Crippen LogP contribution in [0.2, 0.25) is 0 Å². The number of ether oxygens (including phenoxy) is 1. The van der Waals surface area contributed by atoms with Crippen LogP contribution in [0.15, 0.2) is 28.7 Å². The maximum atomic E-state index is 5.23. The number of hydrogen-bond donors (Lipinski definition) is 1. The van der Waals surface area contributed by atoms with Crippen LogP contribution in [0.5, 0.6) is 0 Å². The number of rotatable bonds is 6. The van der Waals surface area contributed by atoms with Crippen molar-refractivity contribution in [3.63, 3.8) is 0 Å². The van der Waals surface area contributed by atoms with Crippen LogP contribution in [0.1, 0.15) is 12.8 Å². The van der Waals surface area contributed by atoms with Crippen molar-refractivity contribution in [1.29, 1.82) is 0 Å². The molecule has 2 rings (SSSR count). The molecule has 0 atom stereocenters. The quantitative estimate of drug-likeness (QED) is 0.868. The highest BCUT2D eigenvalue weighted by atomic mass is 79.9. The number of nitrogens with one attached hydrogen (secondary N) is 1. The van der Waals surface area contributed by atoms with E-state index < -0.39 is 0 Å². The van der Waals surface area contributed by atoms with Crippen LogP contribution in [0, 0.1) is 5.92 Å². The predicted octanol–water partition coefficient (Wildman–Crippen LogP) is 3.22. The minimum Gasteiger partial charge on any atom is -0.384 e. The van der Waals surface area contributed by atoms with Crippen LogP contribution in [0.3, 0.4) is 0 Å². The first-order chi connectivity index (χ1) is 9.29. The molecule has 0 radical (unpaired) electrons. The molecular formula is C15H23BrN2O. The maximum Gasteiger partial charge on any atom is 0.0491 e. The number of likely N-dealkylation sites (tertiary alicyclic amines) is 1. The Kier molecular flexibility index (Phi) is 6.14. The first-order valence-corrected chi connectivity index (χ1v) is 7.78. The number of para-hydroxylation sites is 1. The summed E-state index contributed by atoms with van der Waals surface area (Å²) < 4.78 is 6.37. The third-order valence-electron chi connectivity index (χ3n) is 3.73. The fraction of sp³-hybridized carbons (Fsp3) is 0.600. The lowest BCUT2D eigenvalue weighted by Crippen LogP contribution is -2.37. The highest BCUT2D eigenvalue weighted by Crippen LogP contribution is 2.21. The molecular weight excluding hydrogens is 304 g/mol. The summed E-state index contributed by atoms with van der Waals surface area (Å²) >= 11 is 3.56. The van der Waals surface area contributed by atoms with Gasteiger partial charge in [0, 0.05) is 37.0 Å². The largest absolute Gasteiger partial charge is 0.384 e. The standard InChI is InChI=1S/C15H23BrN2O/c1-19-12-13-6-9-18(10-7-13)11-8-17-15-5-3-2-4-14(15)16/h2-5,13,17H,6-12H2,1H3. The van der Waals surface area contributed by atoms with E-state index in [1.807, 2.05) is 6.07 Å². The van der Waals surface area contributed by atoms with Crippen molar-refractivity contribution in [3.05, 3.63) is 28.7 Å². The van der Waals surface area contributed by atoms with Gasteiger partial charge < -0.3 is 15.0 Å². The molecule has 0 saturated carbocycles. The molecule has 0 spiro atoms. The van der Waals surface area contributed by atoms with Gasteiger partial charge in [-0.15, -0.1) is 0 Å². The first kappa shape index (κ1) is 14.8. The Bertz CT molecular complexity index is 378. The van der Waals surface area contributed by atoms with Gasteiger partial charge in [0.05, 0.1) is 0 Å². The van der Waals surface area contributed by atoms with Crippen molar-refractivity contribution < 1.29 is 4.74 Å². The summed E-state index contributed by atoms with van der Waals surface area (Å²) in [7, 11) is 1.80. The van der Waals surface area contributed by atoms with E-state index in [0.29, 0.717) is 0 Å². The summed E-state index contributed by atoms with van der Waals surface area (Å²) in [6.45, 7) is 5.43. The lowest BCUT2D eigenvalue weighted by molar-refractivity contribution is 0.101. The van der Waals surface area contributed by atoms with E-state index in [1.165, 1.54) is 31.6 Å². The summed E-state index contributed by atoms with van der Waals surface area (Å²) in [5.74, 6) is 0.762. The van der Waals surface area contributed by atoms with E-state index in [2.05, 4.69) is 44.3 Å². The average molecular weight is 327 g/mol. The van der Waals surface area contributed by atoms with Gasteiger partial charge in [-0.05, 0) is 59.9 Å². The topological polar surface area (TPSA) is 24.5 Å². The zero-order valence-electron chi connectivity index (χ0n) is 11.6. The third-order valence-corrected chi connectivity index (χ3v) is 4.42. The molecule has 0 aromatic heterocycles. The minimum absolute atomic E-state index is 0.762. The van der Waals surface area contributed by atoms with E-state index in [1.54, 1.807) is 7.11 Å². The Labute approximate surface area is 124 Å². The van der Waals surface area contributed by atoms with Gasteiger partial charge in [0.2, 0.25) is 0 Å². The van der Waals surface area contributed by atoms with Gasteiger partial charge in [0.25, 0.3) is 0 Å². The third kappa shape index (κ3) is 4.79. The van der Waals surface area contributed by atoms with Crippen LogP contribution in [-0.4, -0.2) is 44.8 Å². The second-order valence-corrected chi connectivity index (χ2v) is 6.00. The zero-order chi connectivity index (χ0) is 13.5. The molecule has 19 heavy (non-hydrogen) atoms. The molecule has 1 N–H and O–H groups in total. The highest BCUT2D eigenvalue weighted by molar-refractivity contribution is 9.10. The second-order valence-electron chi connectivity index (χ2n) is 5.15. The fourth-order valence-electron chi connectivity index (χ4n) is 2.57. The van der Waals surface area contributed by atoms with Gasteiger partial charge in [-0.25, -0.2) is 0 Å². The Morgan fingerprint density at radius 2 is 2.05 bits per heavy atom. The molecule has 106 valence electrons. The van der Waals surface area contributed by atoms with Crippen LogP contribution < -0.4 is 5.32 Å². The SMILES string of the molecule is COCC1CCN(CCNc2ccccc2Br)CC1. The molecule has 1 aliphatic rings. The number of anilines is 1. The Balaban J connectivity index is 1.66. The molecule has 1 aromatic carbocycles. The van der Waals surface area contributed by atoms with E-state index in [4.69, 9.17) is 4.74 Å². The number of methoxy groups -OCH3 is 1. The molecule has 4 heteroatoms. The average Bonchev–Trinajstić information content (AvgIpc) is 2.43. The van der Waals surface area contributed by atoms with Gasteiger partial charge >= 0.3 is 0 Å². The van der Waals surface area contributed by atoms with Crippen LogP contribution in [0.25, 0.3) is 0 Å². The lowest BCUT2D eigenvalue weighted by atomic mass is 9.98. The molecule has 1 heterocycles. The van der Waals surface area contributed by atoms with Gasteiger partial charge in [-0.3, -0.25) is 0 Å². The predicted molar refractivity (Wildman–Crippen MR) is 83.7 cm³/mol. The monoisotopic (exact) mass is 326 g/mol. The molecule has 3 nitrogen and oxygen atoms in total. The molecule has 1 fully saturated rings. The number of hydrogen-bond acceptors (Lipinski definition) is 3. The summed E-state index contributed by atoms with van der Waals surface area (Å²) in [4.78, 5) is 2.54. The molecule has 1 saturated heterocycles. The Morgan fingerprint density at radius 1 is 1.32 bits per heavy atom. The summed E-state index contributed by atoms with van der Waals surface area (Å²) in [5, 5.41) is 3.48. The highest BCUT2D eigenvalue weighted by Gasteiger charge is 2.18. The first-order valence-electron chi connectivity index (χ1n) is 6.99. The van der Waals surface area contributed by atoms with E-state index in [9.17, 15) is 0 Å². The zero-order valence-corrected chi connectivity index (χ0v) is 13.2. The second kappa shape index (κ2) is 7.88. The Morgan fingerprint density at radius 3 is 2.74 bits per heavy atom. The van der Waals surface area contributed by atoms with Gasteiger partial charge in [0.15, 0.2) is 0 Å². The van der Waals surface area contributed by atoms with Crippen molar-refractivity contribution in [2.45, 2.75) is 12.8 Å². The van der Waals surface area contributed by atoms with E-state index in [-0.39, 0.29) is 0 Å². The van der Waals surface area contributed by atoms with Gasteiger partial charge in [-0.2, -0.15) is 0 Å². The molecule has 0 aliphatic carbocycles. The molecule has 0 amide bonds. The summed E-state index contributed by atoms with van der Waals surface area (Å²) in [6.07, 6.45) is 2.53. The molecule has 1 aliphatic heterocycles. The number of benzene rings is 1. The van der Waals surface area contributed by atoms with Gasteiger partial charge in [0.1, 0.15) is 0 Å².